The average molecular weight is 116 g/mol. The first-order chi connectivity index (χ1) is 3.80. The Bertz CT molecular complexity index is 68.8. The molecular formula is C5H10NO2. The normalized spacial score (nSPS) is 22.9. The second kappa shape index (κ2) is 2.44. The summed E-state index contributed by atoms with van der Waals surface area (Å²) in [5.74, 6) is 0. The SMILES string of the molecule is OC(O)[C]1CCCN1. The first-order valence-electron chi connectivity index (χ1n) is 2.76. The highest BCUT2D eigenvalue weighted by Crippen LogP contribution is 2.14. The predicted molar refractivity (Wildman–Crippen MR) is 28.7 cm³/mol. The Morgan fingerprint density at radius 1 is 1.50 bits per heavy atom. The summed E-state index contributed by atoms with van der Waals surface area (Å²) in [5, 5.41) is 19.9. The Kier molecular flexibility index (Phi) is 1.83. The lowest BCUT2D eigenvalue weighted by Crippen LogP contribution is -2.25. The number of rotatable bonds is 1. The fraction of sp³-hybridized carbons (Fsp3) is 0.800. The first-order valence-corrected chi connectivity index (χ1v) is 2.76. The third-order valence-electron chi connectivity index (χ3n) is 1.29. The van der Waals surface area contributed by atoms with Gasteiger partial charge in [0.25, 0.3) is 0 Å². The summed E-state index contributed by atoms with van der Waals surface area (Å²) in [5.41, 5.74) is 0. The fourth-order valence-electron chi connectivity index (χ4n) is 0.837. The lowest BCUT2D eigenvalue weighted by molar-refractivity contribution is -0.0325. The zero-order chi connectivity index (χ0) is 5.98. The summed E-state index contributed by atoms with van der Waals surface area (Å²) >= 11 is 0. The molecular weight excluding hydrogens is 106 g/mol. The zero-order valence-corrected chi connectivity index (χ0v) is 4.59. The molecule has 1 rings (SSSR count). The predicted octanol–water partition coefficient (Wildman–Crippen LogP) is -0.788. The highest BCUT2D eigenvalue weighted by Gasteiger charge is 2.20. The summed E-state index contributed by atoms with van der Waals surface area (Å²) in [6, 6.07) is 0.657. The molecule has 0 unspecified atom stereocenters. The van der Waals surface area contributed by atoms with Crippen molar-refractivity contribution in [3.63, 3.8) is 0 Å². The van der Waals surface area contributed by atoms with E-state index >= 15 is 0 Å². The average Bonchev–Trinajstić information content (AvgIpc) is 2.12. The van der Waals surface area contributed by atoms with E-state index in [1.807, 2.05) is 0 Å². The van der Waals surface area contributed by atoms with Gasteiger partial charge in [-0.05, 0) is 19.4 Å². The van der Waals surface area contributed by atoms with Crippen LogP contribution in [0.3, 0.4) is 0 Å². The summed E-state index contributed by atoms with van der Waals surface area (Å²) in [6.07, 6.45) is 0.572. The van der Waals surface area contributed by atoms with Crippen molar-refractivity contribution < 1.29 is 10.2 Å². The molecule has 0 aromatic heterocycles. The van der Waals surface area contributed by atoms with Crippen molar-refractivity contribution in [2.45, 2.75) is 19.1 Å². The van der Waals surface area contributed by atoms with Crippen LogP contribution in [0.5, 0.6) is 0 Å². The number of hydrogen-bond donors (Lipinski definition) is 3. The maximum Gasteiger partial charge on any atom is 0.172 e. The monoisotopic (exact) mass is 116 g/mol. The van der Waals surface area contributed by atoms with Crippen molar-refractivity contribution >= 4 is 0 Å². The topological polar surface area (TPSA) is 52.5 Å². The van der Waals surface area contributed by atoms with Crippen LogP contribution in [-0.4, -0.2) is 23.0 Å². The molecule has 1 saturated heterocycles. The highest BCUT2D eigenvalue weighted by atomic mass is 16.5. The van der Waals surface area contributed by atoms with Crippen LogP contribution < -0.4 is 5.32 Å². The van der Waals surface area contributed by atoms with Crippen molar-refractivity contribution in [3.05, 3.63) is 6.04 Å². The molecule has 1 radical (unpaired) electrons. The number of aliphatic hydroxyl groups is 2. The van der Waals surface area contributed by atoms with E-state index in [1.54, 1.807) is 0 Å². The molecule has 0 amide bonds. The minimum Gasteiger partial charge on any atom is -0.366 e. The van der Waals surface area contributed by atoms with Crippen LogP contribution >= 0.6 is 0 Å². The Balaban J connectivity index is 2.24. The van der Waals surface area contributed by atoms with E-state index in [1.165, 1.54) is 0 Å². The third-order valence-corrected chi connectivity index (χ3v) is 1.29. The van der Waals surface area contributed by atoms with Gasteiger partial charge in [-0.1, -0.05) is 0 Å². The molecule has 0 aromatic carbocycles. The molecule has 3 N–H and O–H groups in total. The lowest BCUT2D eigenvalue weighted by atomic mass is 10.2. The van der Waals surface area contributed by atoms with Crippen molar-refractivity contribution in [2.24, 2.45) is 0 Å². The molecule has 8 heavy (non-hydrogen) atoms. The van der Waals surface area contributed by atoms with Gasteiger partial charge in [0.1, 0.15) is 0 Å². The Labute approximate surface area is 48.3 Å². The highest BCUT2D eigenvalue weighted by molar-refractivity contribution is 4.93. The van der Waals surface area contributed by atoms with Crippen LogP contribution in [0, 0.1) is 6.04 Å². The largest absolute Gasteiger partial charge is 0.366 e. The van der Waals surface area contributed by atoms with Gasteiger partial charge in [0.2, 0.25) is 0 Å². The third kappa shape index (κ3) is 1.18. The second-order valence-electron chi connectivity index (χ2n) is 1.93. The van der Waals surface area contributed by atoms with Crippen LogP contribution in [0.4, 0.5) is 0 Å². The second-order valence-corrected chi connectivity index (χ2v) is 1.93. The van der Waals surface area contributed by atoms with Gasteiger partial charge in [-0.3, -0.25) is 0 Å². The Morgan fingerprint density at radius 3 is 2.50 bits per heavy atom. The molecule has 0 atom stereocenters. The van der Waals surface area contributed by atoms with E-state index in [2.05, 4.69) is 5.32 Å². The standard InChI is InChI=1S/C5H10NO2/c7-5(8)4-2-1-3-6-4/h5-8H,1-3H2. The van der Waals surface area contributed by atoms with Crippen LogP contribution in [0.15, 0.2) is 0 Å². The maximum atomic E-state index is 8.51. The van der Waals surface area contributed by atoms with Crippen LogP contribution in [-0.2, 0) is 0 Å². The molecule has 0 saturated carbocycles. The van der Waals surface area contributed by atoms with E-state index in [-0.39, 0.29) is 0 Å². The molecule has 1 aliphatic heterocycles. The number of aliphatic hydroxyl groups excluding tert-OH is 1. The summed E-state index contributed by atoms with van der Waals surface area (Å²) < 4.78 is 0. The van der Waals surface area contributed by atoms with E-state index in [0.717, 1.165) is 19.4 Å². The minimum absolute atomic E-state index is 0.657. The van der Waals surface area contributed by atoms with Gasteiger partial charge < -0.3 is 15.5 Å². The fourth-order valence-corrected chi connectivity index (χ4v) is 0.837. The first kappa shape index (κ1) is 6.01. The molecule has 3 nitrogen and oxygen atoms in total. The minimum atomic E-state index is -1.25. The van der Waals surface area contributed by atoms with Crippen molar-refractivity contribution in [3.8, 4) is 0 Å². The molecule has 1 aliphatic rings. The summed E-state index contributed by atoms with van der Waals surface area (Å²) in [6.45, 7) is 0.882. The van der Waals surface area contributed by atoms with Crippen molar-refractivity contribution in [1.82, 2.24) is 5.32 Å². The van der Waals surface area contributed by atoms with Gasteiger partial charge in [-0.2, -0.15) is 0 Å². The number of nitrogens with one attached hydrogen (secondary N) is 1. The summed E-state index contributed by atoms with van der Waals surface area (Å²) in [7, 11) is 0. The molecule has 0 aliphatic carbocycles. The molecule has 3 heteroatoms. The van der Waals surface area contributed by atoms with Gasteiger partial charge in [0.05, 0.1) is 6.04 Å². The van der Waals surface area contributed by atoms with Gasteiger partial charge in [-0.25, -0.2) is 0 Å². The van der Waals surface area contributed by atoms with E-state index in [9.17, 15) is 0 Å². The smallest absolute Gasteiger partial charge is 0.172 e. The molecule has 1 fully saturated rings. The molecule has 47 valence electrons. The van der Waals surface area contributed by atoms with Crippen molar-refractivity contribution in [1.29, 1.82) is 0 Å². The number of hydrogen-bond acceptors (Lipinski definition) is 3. The molecule has 1 heterocycles. The van der Waals surface area contributed by atoms with Crippen LogP contribution in [0.1, 0.15) is 12.8 Å². The van der Waals surface area contributed by atoms with Gasteiger partial charge in [-0.15, -0.1) is 0 Å². The van der Waals surface area contributed by atoms with Crippen molar-refractivity contribution in [2.75, 3.05) is 6.54 Å². The molecule has 0 spiro atoms. The molecule has 0 aromatic rings. The summed E-state index contributed by atoms with van der Waals surface area (Å²) in [4.78, 5) is 0. The van der Waals surface area contributed by atoms with Crippen LogP contribution in [0.2, 0.25) is 0 Å². The van der Waals surface area contributed by atoms with Crippen LogP contribution in [0.25, 0.3) is 0 Å². The van der Waals surface area contributed by atoms with E-state index in [4.69, 9.17) is 10.2 Å². The van der Waals surface area contributed by atoms with Gasteiger partial charge >= 0.3 is 0 Å². The Morgan fingerprint density at radius 2 is 2.25 bits per heavy atom. The van der Waals surface area contributed by atoms with Gasteiger partial charge in [0.15, 0.2) is 6.29 Å². The zero-order valence-electron chi connectivity index (χ0n) is 4.59. The lowest BCUT2D eigenvalue weighted by Gasteiger charge is -2.09. The Hall–Kier alpha value is -0.120. The van der Waals surface area contributed by atoms with Gasteiger partial charge in [0, 0.05) is 0 Å². The quantitative estimate of drug-likeness (QED) is 0.394. The molecule has 0 bridgehead atoms. The maximum absolute atomic E-state index is 8.51. The van der Waals surface area contributed by atoms with E-state index in [0.29, 0.717) is 6.04 Å². The van der Waals surface area contributed by atoms with E-state index < -0.39 is 6.29 Å².